The molecule has 5 heteroatoms. The Labute approximate surface area is 102 Å². The number of nitrogens with one attached hydrogen (secondary N) is 1. The average Bonchev–Trinajstić information content (AvgIpc) is 2.82. The van der Waals surface area contributed by atoms with E-state index < -0.39 is 0 Å². The summed E-state index contributed by atoms with van der Waals surface area (Å²) >= 11 is 0. The van der Waals surface area contributed by atoms with Gasteiger partial charge in [-0.3, -0.25) is 4.79 Å². The molecule has 2 aliphatic rings. The topological polar surface area (TPSA) is 50.8 Å². The smallest absolute Gasteiger partial charge is 0.239 e. The van der Waals surface area contributed by atoms with Gasteiger partial charge in [-0.25, -0.2) is 0 Å². The first-order chi connectivity index (χ1) is 8.26. The average molecular weight is 242 g/mol. The van der Waals surface area contributed by atoms with Crippen molar-refractivity contribution in [3.05, 3.63) is 0 Å². The van der Waals surface area contributed by atoms with Crippen molar-refractivity contribution in [2.24, 2.45) is 0 Å². The van der Waals surface area contributed by atoms with E-state index in [4.69, 9.17) is 9.47 Å². The molecule has 0 aromatic carbocycles. The van der Waals surface area contributed by atoms with Crippen molar-refractivity contribution < 1.29 is 14.3 Å². The molecule has 1 N–H and O–H groups in total. The molecule has 0 bridgehead atoms. The molecular weight excluding hydrogens is 220 g/mol. The first-order valence-electron chi connectivity index (χ1n) is 6.34. The molecule has 0 unspecified atom stereocenters. The van der Waals surface area contributed by atoms with E-state index in [1.807, 2.05) is 4.90 Å². The monoisotopic (exact) mass is 242 g/mol. The summed E-state index contributed by atoms with van der Waals surface area (Å²) in [6.45, 7) is 2.24. The molecule has 2 fully saturated rings. The molecule has 2 rings (SSSR count). The van der Waals surface area contributed by atoms with Crippen LogP contribution in [0, 0.1) is 0 Å². The summed E-state index contributed by atoms with van der Waals surface area (Å²) in [5.41, 5.74) is 0. The standard InChI is InChI=1S/C12H22N2O3/c1-16-10-7-14(8-11(10)17-2)12(15)9-5-3-4-6-13-9/h9-11,13H,3-8H2,1-2H3/t9-,10+,11+/m0/s1. The van der Waals surface area contributed by atoms with E-state index in [-0.39, 0.29) is 24.2 Å². The molecule has 2 heterocycles. The molecule has 0 aliphatic carbocycles. The Balaban J connectivity index is 1.92. The van der Waals surface area contributed by atoms with Gasteiger partial charge >= 0.3 is 0 Å². The third kappa shape index (κ3) is 2.78. The zero-order chi connectivity index (χ0) is 12.3. The summed E-state index contributed by atoms with van der Waals surface area (Å²) in [7, 11) is 3.34. The van der Waals surface area contributed by atoms with Gasteiger partial charge in [0.15, 0.2) is 0 Å². The Morgan fingerprint density at radius 1 is 1.18 bits per heavy atom. The first kappa shape index (κ1) is 12.8. The number of carbonyl (C=O) groups is 1. The van der Waals surface area contributed by atoms with Gasteiger partial charge in [0.2, 0.25) is 5.91 Å². The SMILES string of the molecule is CO[C@@H]1CN(C(=O)[C@@H]2CCCCN2)C[C@H]1OC. The Bertz CT molecular complexity index is 254. The lowest BCUT2D eigenvalue weighted by Crippen LogP contribution is -2.48. The quantitative estimate of drug-likeness (QED) is 0.757. The van der Waals surface area contributed by atoms with Crippen molar-refractivity contribution in [1.82, 2.24) is 10.2 Å². The molecule has 17 heavy (non-hydrogen) atoms. The van der Waals surface area contributed by atoms with E-state index >= 15 is 0 Å². The van der Waals surface area contributed by atoms with Gasteiger partial charge in [-0.1, -0.05) is 6.42 Å². The zero-order valence-corrected chi connectivity index (χ0v) is 10.6. The third-order valence-electron chi connectivity index (χ3n) is 3.74. The van der Waals surface area contributed by atoms with E-state index in [2.05, 4.69) is 5.32 Å². The lowest BCUT2D eigenvalue weighted by atomic mass is 10.0. The van der Waals surface area contributed by atoms with Crippen LogP contribution >= 0.6 is 0 Å². The molecule has 3 atom stereocenters. The lowest BCUT2D eigenvalue weighted by molar-refractivity contribution is -0.133. The fourth-order valence-electron chi connectivity index (χ4n) is 2.66. The normalized spacial score (nSPS) is 34.0. The molecule has 0 aromatic rings. The predicted octanol–water partition coefficient (Wildman–Crippen LogP) is 0.000700. The molecular formula is C12H22N2O3. The molecule has 0 aromatic heterocycles. The van der Waals surface area contributed by atoms with E-state index in [0.717, 1.165) is 19.4 Å². The van der Waals surface area contributed by atoms with Crippen LogP contribution < -0.4 is 5.32 Å². The van der Waals surface area contributed by atoms with Crippen LogP contribution in [0.2, 0.25) is 0 Å². The molecule has 0 spiro atoms. The number of carbonyl (C=O) groups excluding carboxylic acids is 1. The van der Waals surface area contributed by atoms with Crippen LogP contribution in [-0.4, -0.2) is 62.9 Å². The molecule has 0 radical (unpaired) electrons. The van der Waals surface area contributed by atoms with Crippen LogP contribution in [0.5, 0.6) is 0 Å². The second-order valence-corrected chi connectivity index (χ2v) is 4.79. The van der Waals surface area contributed by atoms with Gasteiger partial charge in [-0.2, -0.15) is 0 Å². The number of ether oxygens (including phenoxy) is 2. The highest BCUT2D eigenvalue weighted by Crippen LogP contribution is 2.18. The second-order valence-electron chi connectivity index (χ2n) is 4.79. The minimum absolute atomic E-state index is 0.00291. The van der Waals surface area contributed by atoms with Crippen molar-refractivity contribution in [3.8, 4) is 0 Å². The maximum Gasteiger partial charge on any atom is 0.239 e. The number of hydrogen-bond acceptors (Lipinski definition) is 4. The van der Waals surface area contributed by atoms with Crippen molar-refractivity contribution in [1.29, 1.82) is 0 Å². The van der Waals surface area contributed by atoms with Gasteiger partial charge in [-0.15, -0.1) is 0 Å². The highest BCUT2D eigenvalue weighted by atomic mass is 16.5. The first-order valence-corrected chi connectivity index (χ1v) is 6.34. The third-order valence-corrected chi connectivity index (χ3v) is 3.74. The minimum atomic E-state index is -0.00291. The van der Waals surface area contributed by atoms with E-state index in [1.165, 1.54) is 6.42 Å². The summed E-state index contributed by atoms with van der Waals surface area (Å²) < 4.78 is 10.7. The van der Waals surface area contributed by atoms with E-state index in [1.54, 1.807) is 14.2 Å². The van der Waals surface area contributed by atoms with Crippen molar-refractivity contribution in [3.63, 3.8) is 0 Å². The fraction of sp³-hybridized carbons (Fsp3) is 0.917. The summed E-state index contributed by atoms with van der Waals surface area (Å²) in [6.07, 6.45) is 3.27. The van der Waals surface area contributed by atoms with Crippen LogP contribution in [0.1, 0.15) is 19.3 Å². The van der Waals surface area contributed by atoms with Crippen LogP contribution in [0.4, 0.5) is 0 Å². The van der Waals surface area contributed by atoms with Crippen molar-refractivity contribution in [2.75, 3.05) is 33.9 Å². The van der Waals surface area contributed by atoms with Gasteiger partial charge in [0, 0.05) is 27.3 Å². The van der Waals surface area contributed by atoms with Crippen LogP contribution in [0.25, 0.3) is 0 Å². The number of amides is 1. The Hall–Kier alpha value is -0.650. The number of rotatable bonds is 3. The molecule has 5 nitrogen and oxygen atoms in total. The van der Waals surface area contributed by atoms with Gasteiger partial charge in [0.05, 0.1) is 6.04 Å². The number of likely N-dealkylation sites (tertiary alicyclic amines) is 1. The summed E-state index contributed by atoms with van der Waals surface area (Å²) in [6, 6.07) is -0.00291. The van der Waals surface area contributed by atoms with Gasteiger partial charge in [-0.05, 0) is 19.4 Å². The Morgan fingerprint density at radius 2 is 1.82 bits per heavy atom. The summed E-state index contributed by atoms with van der Waals surface area (Å²) in [5.74, 6) is 0.200. The Morgan fingerprint density at radius 3 is 2.29 bits per heavy atom. The molecule has 0 saturated carbocycles. The molecule has 1 amide bonds. The summed E-state index contributed by atoms with van der Waals surface area (Å²) in [5, 5.41) is 3.29. The van der Waals surface area contributed by atoms with E-state index in [9.17, 15) is 4.79 Å². The minimum Gasteiger partial charge on any atom is -0.377 e. The van der Waals surface area contributed by atoms with Crippen LogP contribution in [0.3, 0.4) is 0 Å². The zero-order valence-electron chi connectivity index (χ0n) is 10.6. The van der Waals surface area contributed by atoms with Crippen LogP contribution in [-0.2, 0) is 14.3 Å². The van der Waals surface area contributed by atoms with E-state index in [0.29, 0.717) is 13.1 Å². The Kier molecular flexibility index (Phi) is 4.36. The highest BCUT2D eigenvalue weighted by molar-refractivity contribution is 5.82. The highest BCUT2D eigenvalue weighted by Gasteiger charge is 2.37. The number of piperidine rings is 1. The van der Waals surface area contributed by atoms with Gasteiger partial charge < -0.3 is 19.7 Å². The van der Waals surface area contributed by atoms with Crippen LogP contribution in [0.15, 0.2) is 0 Å². The predicted molar refractivity (Wildman–Crippen MR) is 63.8 cm³/mol. The number of nitrogens with zero attached hydrogens (tertiary/aromatic N) is 1. The lowest BCUT2D eigenvalue weighted by Gasteiger charge is -2.27. The van der Waals surface area contributed by atoms with Crippen molar-refractivity contribution >= 4 is 5.91 Å². The summed E-state index contributed by atoms with van der Waals surface area (Å²) in [4.78, 5) is 14.1. The van der Waals surface area contributed by atoms with Crippen molar-refractivity contribution in [2.45, 2.75) is 37.5 Å². The maximum absolute atomic E-state index is 12.3. The maximum atomic E-state index is 12.3. The largest absolute Gasteiger partial charge is 0.377 e. The molecule has 2 aliphatic heterocycles. The number of hydrogen-bond donors (Lipinski definition) is 1. The fourth-order valence-corrected chi connectivity index (χ4v) is 2.66. The molecule has 2 saturated heterocycles. The number of methoxy groups -OCH3 is 2. The molecule has 98 valence electrons. The van der Waals surface area contributed by atoms with Gasteiger partial charge in [0.1, 0.15) is 12.2 Å². The second kappa shape index (κ2) is 5.80. The van der Waals surface area contributed by atoms with Gasteiger partial charge in [0.25, 0.3) is 0 Å².